The van der Waals surface area contributed by atoms with Gasteiger partial charge in [0.25, 0.3) is 0 Å². The van der Waals surface area contributed by atoms with Gasteiger partial charge in [-0.2, -0.15) is 0 Å². The first kappa shape index (κ1) is 11.4. The molecule has 3 nitrogen and oxygen atoms in total. The van der Waals surface area contributed by atoms with Crippen LogP contribution in [0.4, 0.5) is 0 Å². The van der Waals surface area contributed by atoms with Crippen LogP contribution in [0.2, 0.25) is 0 Å². The highest BCUT2D eigenvalue weighted by atomic mass is 16.5. The van der Waals surface area contributed by atoms with Gasteiger partial charge in [0.1, 0.15) is 5.75 Å². The third-order valence-electron chi connectivity index (χ3n) is 3.24. The molecule has 0 unspecified atom stereocenters. The van der Waals surface area contributed by atoms with Crippen molar-refractivity contribution in [3.05, 3.63) is 24.0 Å². The van der Waals surface area contributed by atoms with Crippen molar-refractivity contribution in [1.82, 2.24) is 4.98 Å². The number of nitrogens with zero attached hydrogens (tertiary/aromatic N) is 1. The predicted octanol–water partition coefficient (Wildman–Crippen LogP) is 2.63. The zero-order valence-corrected chi connectivity index (χ0v) is 9.78. The van der Waals surface area contributed by atoms with E-state index in [2.05, 4.69) is 4.98 Å². The van der Waals surface area contributed by atoms with Crippen molar-refractivity contribution in [3.8, 4) is 5.75 Å². The molecule has 1 saturated carbocycles. The fraction of sp³-hybridized carbons (Fsp3) is 0.615. The van der Waals surface area contributed by atoms with Crippen LogP contribution in [0.5, 0.6) is 5.75 Å². The van der Waals surface area contributed by atoms with E-state index in [0.29, 0.717) is 6.61 Å². The van der Waals surface area contributed by atoms with Gasteiger partial charge in [0.15, 0.2) is 0 Å². The van der Waals surface area contributed by atoms with Crippen molar-refractivity contribution < 1.29 is 9.84 Å². The van der Waals surface area contributed by atoms with Crippen LogP contribution in [0, 0.1) is 0 Å². The largest absolute Gasteiger partial charge is 0.492 e. The summed E-state index contributed by atoms with van der Waals surface area (Å²) in [5, 5.41) is 10.5. The topological polar surface area (TPSA) is 42.4 Å². The fourth-order valence-electron chi connectivity index (χ4n) is 2.34. The molecule has 1 aliphatic carbocycles. The highest BCUT2D eigenvalue weighted by molar-refractivity contribution is 5.28. The number of hydrogen-bond acceptors (Lipinski definition) is 3. The number of pyridine rings is 1. The second-order valence-electron chi connectivity index (χ2n) is 4.43. The predicted molar refractivity (Wildman–Crippen MR) is 62.4 cm³/mol. The molecule has 2 rings (SSSR count). The van der Waals surface area contributed by atoms with E-state index in [1.165, 1.54) is 6.42 Å². The summed E-state index contributed by atoms with van der Waals surface area (Å²) >= 11 is 0. The Balaban J connectivity index is 2.21. The molecule has 0 saturated heterocycles. The minimum atomic E-state index is -0.682. The van der Waals surface area contributed by atoms with Gasteiger partial charge in [0.2, 0.25) is 0 Å². The van der Waals surface area contributed by atoms with Crippen LogP contribution >= 0.6 is 0 Å². The van der Waals surface area contributed by atoms with Crippen LogP contribution in [0.15, 0.2) is 18.5 Å². The zero-order chi connectivity index (χ0) is 11.4. The Morgan fingerprint density at radius 2 is 2.06 bits per heavy atom. The third-order valence-corrected chi connectivity index (χ3v) is 3.24. The Hall–Kier alpha value is -1.09. The Morgan fingerprint density at radius 3 is 2.75 bits per heavy atom. The molecule has 1 N–H and O–H groups in total. The van der Waals surface area contributed by atoms with Gasteiger partial charge >= 0.3 is 0 Å². The van der Waals surface area contributed by atoms with Gasteiger partial charge in [0, 0.05) is 11.8 Å². The van der Waals surface area contributed by atoms with Gasteiger partial charge < -0.3 is 9.84 Å². The Labute approximate surface area is 96.5 Å². The average molecular weight is 221 g/mol. The van der Waals surface area contributed by atoms with Crippen molar-refractivity contribution in [2.75, 3.05) is 6.61 Å². The van der Waals surface area contributed by atoms with Gasteiger partial charge in [-0.3, -0.25) is 4.98 Å². The first-order chi connectivity index (χ1) is 7.74. The van der Waals surface area contributed by atoms with Gasteiger partial charge in [0.05, 0.1) is 18.4 Å². The molecule has 0 aromatic carbocycles. The van der Waals surface area contributed by atoms with E-state index < -0.39 is 5.60 Å². The van der Waals surface area contributed by atoms with Crippen molar-refractivity contribution in [2.24, 2.45) is 0 Å². The fourth-order valence-corrected chi connectivity index (χ4v) is 2.34. The van der Waals surface area contributed by atoms with Crippen molar-refractivity contribution >= 4 is 0 Å². The molecule has 0 aliphatic heterocycles. The monoisotopic (exact) mass is 221 g/mol. The second kappa shape index (κ2) is 4.83. The molecule has 1 aromatic heterocycles. The molecule has 0 amide bonds. The second-order valence-corrected chi connectivity index (χ2v) is 4.43. The summed E-state index contributed by atoms with van der Waals surface area (Å²) in [4.78, 5) is 4.14. The van der Waals surface area contributed by atoms with Crippen molar-refractivity contribution in [1.29, 1.82) is 0 Å². The van der Waals surface area contributed by atoms with Gasteiger partial charge in [-0.15, -0.1) is 0 Å². The molecule has 1 fully saturated rings. The Kier molecular flexibility index (Phi) is 3.44. The lowest BCUT2D eigenvalue weighted by Crippen LogP contribution is -2.28. The molecule has 88 valence electrons. The number of aromatic nitrogens is 1. The van der Waals surface area contributed by atoms with Crippen LogP contribution in [-0.2, 0) is 5.60 Å². The first-order valence-corrected chi connectivity index (χ1v) is 6.05. The molecule has 1 heterocycles. The molecule has 1 aromatic rings. The van der Waals surface area contributed by atoms with Crippen LogP contribution in [0.25, 0.3) is 0 Å². The van der Waals surface area contributed by atoms with Crippen LogP contribution in [0.1, 0.15) is 44.6 Å². The van der Waals surface area contributed by atoms with Gasteiger partial charge in [-0.1, -0.05) is 19.3 Å². The third kappa shape index (κ3) is 2.35. The number of hydrogen-bond donors (Lipinski definition) is 1. The summed E-state index contributed by atoms with van der Waals surface area (Å²) in [6.45, 7) is 2.57. The summed E-state index contributed by atoms with van der Waals surface area (Å²) in [6.07, 6.45) is 8.53. The highest BCUT2D eigenvalue weighted by Crippen LogP contribution is 2.37. The highest BCUT2D eigenvalue weighted by Gasteiger charge is 2.31. The summed E-state index contributed by atoms with van der Waals surface area (Å²) in [7, 11) is 0. The Bertz CT molecular complexity index is 346. The quantitative estimate of drug-likeness (QED) is 0.853. The molecule has 0 bridgehead atoms. The molecule has 1 aliphatic rings. The summed E-state index contributed by atoms with van der Waals surface area (Å²) in [5.41, 5.74) is 0.219. The van der Waals surface area contributed by atoms with E-state index in [1.807, 2.05) is 13.0 Å². The SMILES string of the molecule is CCOc1cncc(C2(O)CCCCC2)c1. The summed E-state index contributed by atoms with van der Waals surface area (Å²) in [6, 6.07) is 1.92. The normalized spacial score (nSPS) is 19.4. The lowest BCUT2D eigenvalue weighted by Gasteiger charge is -2.32. The smallest absolute Gasteiger partial charge is 0.137 e. The van der Waals surface area contributed by atoms with Crippen molar-refractivity contribution in [2.45, 2.75) is 44.6 Å². The minimum absolute atomic E-state index is 0.629. The van der Waals surface area contributed by atoms with E-state index in [0.717, 1.165) is 37.0 Å². The lowest BCUT2D eigenvalue weighted by molar-refractivity contribution is -0.00114. The molecular formula is C13H19NO2. The van der Waals surface area contributed by atoms with Crippen LogP contribution < -0.4 is 4.74 Å². The maximum Gasteiger partial charge on any atom is 0.137 e. The van der Waals surface area contributed by atoms with E-state index in [1.54, 1.807) is 12.4 Å². The average Bonchev–Trinajstić information content (AvgIpc) is 2.31. The van der Waals surface area contributed by atoms with E-state index >= 15 is 0 Å². The van der Waals surface area contributed by atoms with Crippen LogP contribution in [-0.4, -0.2) is 16.7 Å². The first-order valence-electron chi connectivity index (χ1n) is 6.05. The molecule has 3 heteroatoms. The van der Waals surface area contributed by atoms with E-state index in [4.69, 9.17) is 4.74 Å². The molecule has 0 atom stereocenters. The summed E-state index contributed by atoms with van der Waals surface area (Å²) < 4.78 is 5.41. The maximum atomic E-state index is 10.5. The van der Waals surface area contributed by atoms with Crippen molar-refractivity contribution in [3.63, 3.8) is 0 Å². The van der Waals surface area contributed by atoms with Gasteiger partial charge in [-0.05, 0) is 25.8 Å². The van der Waals surface area contributed by atoms with E-state index in [9.17, 15) is 5.11 Å². The molecular weight excluding hydrogens is 202 g/mol. The maximum absolute atomic E-state index is 10.5. The minimum Gasteiger partial charge on any atom is -0.492 e. The lowest BCUT2D eigenvalue weighted by atomic mass is 9.80. The molecule has 16 heavy (non-hydrogen) atoms. The Morgan fingerprint density at radius 1 is 1.31 bits per heavy atom. The standard InChI is InChI=1S/C13H19NO2/c1-2-16-12-8-11(9-14-10-12)13(15)6-4-3-5-7-13/h8-10,15H,2-7H2,1H3. The molecule has 0 radical (unpaired) electrons. The number of aliphatic hydroxyl groups is 1. The molecule has 0 spiro atoms. The number of rotatable bonds is 3. The summed E-state index contributed by atoms with van der Waals surface area (Å²) in [5.74, 6) is 0.749. The van der Waals surface area contributed by atoms with E-state index in [-0.39, 0.29) is 0 Å². The number of ether oxygens (including phenoxy) is 1. The van der Waals surface area contributed by atoms with Crippen LogP contribution in [0.3, 0.4) is 0 Å². The zero-order valence-electron chi connectivity index (χ0n) is 9.78. The van der Waals surface area contributed by atoms with Gasteiger partial charge in [-0.25, -0.2) is 0 Å².